The first-order valence-corrected chi connectivity index (χ1v) is 8.10. The second-order valence-electron chi connectivity index (χ2n) is 6.65. The predicted molar refractivity (Wildman–Crippen MR) is 89.6 cm³/mol. The molecule has 2 aromatic heterocycles. The van der Waals surface area contributed by atoms with Crippen LogP contribution in [0.5, 0.6) is 0 Å². The van der Waals surface area contributed by atoms with Crippen LogP contribution in [0.3, 0.4) is 0 Å². The highest BCUT2D eigenvalue weighted by Gasteiger charge is 2.31. The standard InChI is InChI=1S/C17H23N5O/c1-13-6-8-17(2,9-7-13)21-16(23)20-14-5-3-10-18-15(14)22-12-4-11-19-22/h3-5,10-13H,6-9H2,1-2H3,(H2,20,21,23). The SMILES string of the molecule is CC1CCC(C)(NC(=O)Nc2cccnc2-n2cccn2)CC1. The lowest BCUT2D eigenvalue weighted by atomic mass is 9.78. The highest BCUT2D eigenvalue weighted by Crippen LogP contribution is 2.31. The molecule has 6 heteroatoms. The third kappa shape index (κ3) is 3.70. The maximum Gasteiger partial charge on any atom is 0.319 e. The molecule has 0 spiro atoms. The van der Waals surface area contributed by atoms with Gasteiger partial charge < -0.3 is 10.6 Å². The van der Waals surface area contributed by atoms with Crippen LogP contribution >= 0.6 is 0 Å². The van der Waals surface area contributed by atoms with E-state index < -0.39 is 0 Å². The van der Waals surface area contributed by atoms with Crippen molar-refractivity contribution < 1.29 is 4.79 Å². The Hall–Kier alpha value is -2.37. The minimum Gasteiger partial charge on any atom is -0.333 e. The Balaban J connectivity index is 1.69. The van der Waals surface area contributed by atoms with Gasteiger partial charge in [-0.1, -0.05) is 6.92 Å². The molecule has 0 atom stereocenters. The molecule has 2 N–H and O–H groups in total. The number of urea groups is 1. The van der Waals surface area contributed by atoms with Crippen molar-refractivity contribution in [2.24, 2.45) is 5.92 Å². The van der Waals surface area contributed by atoms with Crippen molar-refractivity contribution in [1.29, 1.82) is 0 Å². The quantitative estimate of drug-likeness (QED) is 0.912. The van der Waals surface area contributed by atoms with Gasteiger partial charge in [0.2, 0.25) is 0 Å². The number of rotatable bonds is 3. The molecule has 0 bridgehead atoms. The lowest BCUT2D eigenvalue weighted by Crippen LogP contribution is -2.49. The topological polar surface area (TPSA) is 71.8 Å². The molecule has 0 aliphatic heterocycles. The monoisotopic (exact) mass is 313 g/mol. The third-order valence-electron chi connectivity index (χ3n) is 4.55. The lowest BCUT2D eigenvalue weighted by molar-refractivity contribution is 0.204. The minimum atomic E-state index is -0.191. The number of nitrogens with one attached hydrogen (secondary N) is 2. The van der Waals surface area contributed by atoms with Crippen LogP contribution < -0.4 is 10.6 Å². The molecule has 122 valence electrons. The van der Waals surface area contributed by atoms with E-state index in [1.807, 2.05) is 12.1 Å². The number of amides is 2. The van der Waals surface area contributed by atoms with E-state index in [1.54, 1.807) is 29.3 Å². The molecule has 23 heavy (non-hydrogen) atoms. The number of anilines is 1. The van der Waals surface area contributed by atoms with E-state index in [1.165, 1.54) is 0 Å². The zero-order valence-corrected chi connectivity index (χ0v) is 13.6. The molecule has 1 aliphatic rings. The fourth-order valence-electron chi connectivity index (χ4n) is 3.02. The van der Waals surface area contributed by atoms with Crippen LogP contribution in [0.1, 0.15) is 39.5 Å². The number of hydrogen-bond acceptors (Lipinski definition) is 3. The van der Waals surface area contributed by atoms with Crippen LogP contribution in [0.4, 0.5) is 10.5 Å². The van der Waals surface area contributed by atoms with E-state index in [4.69, 9.17) is 0 Å². The van der Waals surface area contributed by atoms with E-state index in [0.29, 0.717) is 11.5 Å². The molecule has 2 aromatic rings. The van der Waals surface area contributed by atoms with E-state index >= 15 is 0 Å². The van der Waals surface area contributed by atoms with Crippen molar-refractivity contribution in [3.8, 4) is 5.82 Å². The maximum absolute atomic E-state index is 12.4. The minimum absolute atomic E-state index is 0.134. The average Bonchev–Trinajstić information content (AvgIpc) is 3.05. The Kier molecular flexibility index (Phi) is 4.32. The van der Waals surface area contributed by atoms with Crippen LogP contribution in [0, 0.1) is 5.92 Å². The van der Waals surface area contributed by atoms with Crippen LogP contribution in [-0.2, 0) is 0 Å². The summed E-state index contributed by atoms with van der Waals surface area (Å²) in [4.78, 5) is 16.7. The van der Waals surface area contributed by atoms with Gasteiger partial charge in [-0.25, -0.2) is 14.5 Å². The number of hydrogen-bond donors (Lipinski definition) is 2. The number of pyridine rings is 1. The van der Waals surface area contributed by atoms with Gasteiger partial charge in [0.1, 0.15) is 0 Å². The summed E-state index contributed by atoms with van der Waals surface area (Å²) in [6.07, 6.45) is 9.51. The van der Waals surface area contributed by atoms with Gasteiger partial charge in [0.05, 0.1) is 5.69 Å². The van der Waals surface area contributed by atoms with E-state index in [-0.39, 0.29) is 11.6 Å². The third-order valence-corrected chi connectivity index (χ3v) is 4.55. The Morgan fingerprint density at radius 2 is 2.09 bits per heavy atom. The molecular weight excluding hydrogens is 290 g/mol. The summed E-state index contributed by atoms with van der Waals surface area (Å²) >= 11 is 0. The second kappa shape index (κ2) is 6.40. The van der Waals surface area contributed by atoms with Crippen LogP contribution in [0.15, 0.2) is 36.8 Å². The van der Waals surface area contributed by atoms with E-state index in [2.05, 4.69) is 34.6 Å². The van der Waals surface area contributed by atoms with Gasteiger partial charge >= 0.3 is 6.03 Å². The normalized spacial score (nSPS) is 24.2. The first kappa shape index (κ1) is 15.5. The van der Waals surface area contributed by atoms with Crippen LogP contribution in [-0.4, -0.2) is 26.3 Å². The van der Waals surface area contributed by atoms with Crippen LogP contribution in [0.2, 0.25) is 0 Å². The Labute approximate surface area is 136 Å². The zero-order chi connectivity index (χ0) is 16.3. The summed E-state index contributed by atoms with van der Waals surface area (Å²) in [6, 6.07) is 5.26. The summed E-state index contributed by atoms with van der Waals surface area (Å²) in [5.41, 5.74) is 0.506. The number of carbonyl (C=O) groups is 1. The van der Waals surface area contributed by atoms with Crippen LogP contribution in [0.25, 0.3) is 5.82 Å². The summed E-state index contributed by atoms with van der Waals surface area (Å²) in [5, 5.41) is 10.2. The zero-order valence-electron chi connectivity index (χ0n) is 13.6. The largest absolute Gasteiger partial charge is 0.333 e. The summed E-state index contributed by atoms with van der Waals surface area (Å²) in [7, 11) is 0. The van der Waals surface area contributed by atoms with Crippen molar-refractivity contribution in [2.45, 2.75) is 45.1 Å². The van der Waals surface area contributed by atoms with Crippen molar-refractivity contribution in [3.05, 3.63) is 36.8 Å². The van der Waals surface area contributed by atoms with E-state index in [0.717, 1.165) is 31.6 Å². The van der Waals surface area contributed by atoms with Crippen molar-refractivity contribution in [1.82, 2.24) is 20.1 Å². The smallest absolute Gasteiger partial charge is 0.319 e. The van der Waals surface area contributed by atoms with Crippen molar-refractivity contribution in [2.75, 3.05) is 5.32 Å². The van der Waals surface area contributed by atoms with Gasteiger partial charge in [-0.15, -0.1) is 0 Å². The highest BCUT2D eigenvalue weighted by molar-refractivity contribution is 5.91. The molecule has 6 nitrogen and oxygen atoms in total. The Morgan fingerprint density at radius 3 is 2.78 bits per heavy atom. The van der Waals surface area contributed by atoms with Gasteiger partial charge in [-0.05, 0) is 56.7 Å². The summed E-state index contributed by atoms with van der Waals surface area (Å²) in [6.45, 7) is 4.39. The van der Waals surface area contributed by atoms with E-state index in [9.17, 15) is 4.79 Å². The molecule has 1 saturated carbocycles. The molecule has 2 heterocycles. The predicted octanol–water partition coefficient (Wildman–Crippen LogP) is 3.36. The average molecular weight is 313 g/mol. The summed E-state index contributed by atoms with van der Waals surface area (Å²) in [5.74, 6) is 1.35. The molecule has 0 radical (unpaired) electrons. The Morgan fingerprint density at radius 1 is 1.30 bits per heavy atom. The van der Waals surface area contributed by atoms with Gasteiger partial charge in [0.15, 0.2) is 5.82 Å². The molecule has 0 aromatic carbocycles. The molecule has 0 saturated heterocycles. The first-order chi connectivity index (χ1) is 11.1. The molecular formula is C17H23N5O. The molecule has 1 aliphatic carbocycles. The van der Waals surface area contributed by atoms with Gasteiger partial charge in [0, 0.05) is 24.1 Å². The highest BCUT2D eigenvalue weighted by atomic mass is 16.2. The fourth-order valence-corrected chi connectivity index (χ4v) is 3.02. The maximum atomic E-state index is 12.4. The van der Waals surface area contributed by atoms with Gasteiger partial charge in [-0.2, -0.15) is 5.10 Å². The molecule has 1 fully saturated rings. The van der Waals surface area contributed by atoms with Crippen molar-refractivity contribution >= 4 is 11.7 Å². The second-order valence-corrected chi connectivity index (χ2v) is 6.65. The fraction of sp³-hybridized carbons (Fsp3) is 0.471. The Bertz CT molecular complexity index is 659. The van der Waals surface area contributed by atoms with Crippen molar-refractivity contribution in [3.63, 3.8) is 0 Å². The summed E-state index contributed by atoms with van der Waals surface area (Å²) < 4.78 is 1.64. The molecule has 0 unspecified atom stereocenters. The van der Waals surface area contributed by atoms with Gasteiger partial charge in [-0.3, -0.25) is 0 Å². The molecule has 3 rings (SSSR count). The first-order valence-electron chi connectivity index (χ1n) is 8.10. The number of nitrogens with zero attached hydrogens (tertiary/aromatic N) is 3. The number of carbonyl (C=O) groups excluding carboxylic acids is 1. The lowest BCUT2D eigenvalue weighted by Gasteiger charge is -2.37. The number of aromatic nitrogens is 3. The molecule has 2 amide bonds. The van der Waals surface area contributed by atoms with Gasteiger partial charge in [0.25, 0.3) is 0 Å².